The maximum Gasteiger partial charge on any atom is 0.122 e. The first-order valence-corrected chi connectivity index (χ1v) is 8.47. The van der Waals surface area contributed by atoms with Crippen molar-refractivity contribution in [2.24, 2.45) is 0 Å². The van der Waals surface area contributed by atoms with Gasteiger partial charge in [-0.2, -0.15) is 11.8 Å². The molecule has 0 saturated carbocycles. The Labute approximate surface area is 121 Å². The number of rotatable bonds is 7. The van der Waals surface area contributed by atoms with Gasteiger partial charge in [0.2, 0.25) is 0 Å². The molecule has 2 rings (SSSR count). The fourth-order valence-corrected chi connectivity index (χ4v) is 3.69. The lowest BCUT2D eigenvalue weighted by Gasteiger charge is -2.29. The van der Waals surface area contributed by atoms with Crippen molar-refractivity contribution in [1.82, 2.24) is 5.32 Å². The molecule has 0 saturated heterocycles. The van der Waals surface area contributed by atoms with Crippen LogP contribution in [0.5, 0.6) is 5.75 Å². The highest BCUT2D eigenvalue weighted by Gasteiger charge is 2.23. The lowest BCUT2D eigenvalue weighted by molar-refractivity contribution is 0.258. The molecule has 1 aliphatic heterocycles. The van der Waals surface area contributed by atoms with Gasteiger partial charge in [0.1, 0.15) is 5.75 Å². The fourth-order valence-electron chi connectivity index (χ4n) is 2.64. The minimum Gasteiger partial charge on any atom is -0.493 e. The molecule has 106 valence electrons. The van der Waals surface area contributed by atoms with Crippen molar-refractivity contribution in [3.8, 4) is 5.75 Å². The van der Waals surface area contributed by atoms with Crippen molar-refractivity contribution < 1.29 is 4.74 Å². The quantitative estimate of drug-likeness (QED) is 0.769. The zero-order chi connectivity index (χ0) is 13.5. The predicted octanol–water partition coefficient (Wildman–Crippen LogP) is 3.67. The average molecular weight is 279 g/mol. The van der Waals surface area contributed by atoms with E-state index in [2.05, 4.69) is 55.3 Å². The molecule has 0 fully saturated rings. The Bertz CT molecular complexity index is 383. The molecule has 0 bridgehead atoms. The lowest BCUT2D eigenvalue weighted by Crippen LogP contribution is -2.31. The number of ether oxygens (including phenoxy) is 1. The number of fused-ring (bicyclic) bond motifs is 1. The lowest BCUT2D eigenvalue weighted by atomic mass is 9.88. The normalized spacial score (nSPS) is 19.6. The van der Waals surface area contributed by atoms with Crippen molar-refractivity contribution >= 4 is 11.8 Å². The summed E-state index contributed by atoms with van der Waals surface area (Å²) in [7, 11) is 2.09. The van der Waals surface area contributed by atoms with Gasteiger partial charge in [-0.1, -0.05) is 25.1 Å². The van der Waals surface area contributed by atoms with Crippen molar-refractivity contribution in [3.05, 3.63) is 29.8 Å². The molecule has 19 heavy (non-hydrogen) atoms. The number of nitrogens with one attached hydrogen (secondary N) is 1. The van der Waals surface area contributed by atoms with Crippen LogP contribution in [-0.2, 0) is 0 Å². The van der Waals surface area contributed by atoms with E-state index in [1.54, 1.807) is 0 Å². The molecule has 1 aromatic rings. The summed E-state index contributed by atoms with van der Waals surface area (Å²) in [4.78, 5) is 0. The molecule has 0 aromatic heterocycles. The molecular formula is C16H25NOS. The van der Waals surface area contributed by atoms with E-state index in [9.17, 15) is 0 Å². The van der Waals surface area contributed by atoms with Crippen LogP contribution in [0, 0.1) is 0 Å². The maximum absolute atomic E-state index is 5.74. The second-order valence-electron chi connectivity index (χ2n) is 5.17. The van der Waals surface area contributed by atoms with Crippen LogP contribution in [0.3, 0.4) is 0 Å². The Kier molecular flexibility index (Phi) is 6.05. The van der Waals surface area contributed by atoms with Gasteiger partial charge in [0.15, 0.2) is 0 Å². The van der Waals surface area contributed by atoms with Crippen LogP contribution < -0.4 is 10.1 Å². The van der Waals surface area contributed by atoms with Crippen LogP contribution in [0.25, 0.3) is 0 Å². The summed E-state index contributed by atoms with van der Waals surface area (Å²) in [5.74, 6) is 4.21. The van der Waals surface area contributed by atoms with Gasteiger partial charge in [-0.15, -0.1) is 0 Å². The van der Waals surface area contributed by atoms with E-state index < -0.39 is 0 Å². The van der Waals surface area contributed by atoms with Crippen LogP contribution in [0.2, 0.25) is 0 Å². The van der Waals surface area contributed by atoms with Gasteiger partial charge < -0.3 is 10.1 Å². The van der Waals surface area contributed by atoms with Crippen LogP contribution in [0.1, 0.15) is 37.7 Å². The highest BCUT2D eigenvalue weighted by atomic mass is 32.2. The Morgan fingerprint density at radius 2 is 2.26 bits per heavy atom. The minimum absolute atomic E-state index is 0.604. The molecule has 1 heterocycles. The first-order chi connectivity index (χ1) is 9.35. The summed E-state index contributed by atoms with van der Waals surface area (Å²) in [5.41, 5.74) is 1.40. The number of para-hydroxylation sites is 1. The maximum atomic E-state index is 5.74. The molecule has 1 N–H and O–H groups in total. The molecule has 0 radical (unpaired) electrons. The first kappa shape index (κ1) is 14.7. The molecule has 2 atom stereocenters. The van der Waals surface area contributed by atoms with E-state index in [4.69, 9.17) is 4.74 Å². The second-order valence-corrected chi connectivity index (χ2v) is 6.32. The SMILES string of the molecule is CCCSCC(CC1CCOc2ccccc21)NC. The third-order valence-corrected chi connectivity index (χ3v) is 5.06. The molecule has 0 spiro atoms. The second kappa shape index (κ2) is 7.81. The van der Waals surface area contributed by atoms with E-state index in [1.165, 1.54) is 29.9 Å². The highest BCUT2D eigenvalue weighted by molar-refractivity contribution is 7.99. The fraction of sp³-hybridized carbons (Fsp3) is 0.625. The Balaban J connectivity index is 1.94. The Hall–Kier alpha value is -0.670. The van der Waals surface area contributed by atoms with Crippen LogP contribution in [-0.4, -0.2) is 31.2 Å². The molecular weight excluding hydrogens is 254 g/mol. The predicted molar refractivity (Wildman–Crippen MR) is 84.4 cm³/mol. The van der Waals surface area contributed by atoms with Crippen molar-refractivity contribution in [2.75, 3.05) is 25.2 Å². The van der Waals surface area contributed by atoms with Crippen LogP contribution in [0.4, 0.5) is 0 Å². The molecule has 3 heteroatoms. The summed E-state index contributed by atoms with van der Waals surface area (Å²) in [6.07, 6.45) is 3.63. The standard InChI is InChI=1S/C16H25NOS/c1-3-10-19-12-14(17-2)11-13-8-9-18-16-7-5-4-6-15(13)16/h4-7,13-14,17H,3,8-12H2,1-2H3. The average Bonchev–Trinajstić information content (AvgIpc) is 2.46. The summed E-state index contributed by atoms with van der Waals surface area (Å²) in [6.45, 7) is 3.11. The zero-order valence-electron chi connectivity index (χ0n) is 12.0. The number of hydrogen-bond donors (Lipinski definition) is 1. The minimum atomic E-state index is 0.604. The third kappa shape index (κ3) is 4.15. The molecule has 1 aromatic carbocycles. The molecule has 0 amide bonds. The van der Waals surface area contributed by atoms with Gasteiger partial charge in [-0.3, -0.25) is 0 Å². The molecule has 2 nitrogen and oxygen atoms in total. The summed E-state index contributed by atoms with van der Waals surface area (Å²) >= 11 is 2.06. The number of benzene rings is 1. The van der Waals surface area contributed by atoms with Gasteiger partial charge in [-0.25, -0.2) is 0 Å². The number of hydrogen-bond acceptors (Lipinski definition) is 3. The van der Waals surface area contributed by atoms with Crippen LogP contribution >= 0.6 is 11.8 Å². The zero-order valence-corrected chi connectivity index (χ0v) is 12.8. The first-order valence-electron chi connectivity index (χ1n) is 7.31. The van der Waals surface area contributed by atoms with E-state index in [0.717, 1.165) is 18.8 Å². The van der Waals surface area contributed by atoms with Crippen molar-refractivity contribution in [2.45, 2.75) is 38.1 Å². The number of thioether (sulfide) groups is 1. The van der Waals surface area contributed by atoms with E-state index >= 15 is 0 Å². The van der Waals surface area contributed by atoms with Gasteiger partial charge in [0, 0.05) is 11.8 Å². The summed E-state index contributed by atoms with van der Waals surface area (Å²) in [6, 6.07) is 9.12. The van der Waals surface area contributed by atoms with E-state index in [-0.39, 0.29) is 0 Å². The summed E-state index contributed by atoms with van der Waals surface area (Å²) in [5, 5.41) is 3.48. The topological polar surface area (TPSA) is 21.3 Å². The van der Waals surface area contributed by atoms with Gasteiger partial charge in [-0.05, 0) is 49.6 Å². The Morgan fingerprint density at radius 3 is 3.05 bits per heavy atom. The van der Waals surface area contributed by atoms with Crippen LogP contribution in [0.15, 0.2) is 24.3 Å². The van der Waals surface area contributed by atoms with Gasteiger partial charge >= 0.3 is 0 Å². The molecule has 1 aliphatic rings. The molecule has 0 aliphatic carbocycles. The Morgan fingerprint density at radius 1 is 1.42 bits per heavy atom. The monoisotopic (exact) mass is 279 g/mol. The smallest absolute Gasteiger partial charge is 0.122 e. The molecule has 2 unspecified atom stereocenters. The van der Waals surface area contributed by atoms with E-state index in [0.29, 0.717) is 12.0 Å². The summed E-state index contributed by atoms with van der Waals surface area (Å²) < 4.78 is 5.74. The van der Waals surface area contributed by atoms with Gasteiger partial charge in [0.05, 0.1) is 6.61 Å². The van der Waals surface area contributed by atoms with E-state index in [1.807, 2.05) is 0 Å². The largest absolute Gasteiger partial charge is 0.493 e. The highest BCUT2D eigenvalue weighted by Crippen LogP contribution is 2.36. The van der Waals surface area contributed by atoms with Gasteiger partial charge in [0.25, 0.3) is 0 Å². The van der Waals surface area contributed by atoms with Crippen molar-refractivity contribution in [1.29, 1.82) is 0 Å². The third-order valence-electron chi connectivity index (χ3n) is 3.73. The van der Waals surface area contributed by atoms with Crippen molar-refractivity contribution in [3.63, 3.8) is 0 Å².